The van der Waals surface area contributed by atoms with E-state index in [0.717, 1.165) is 25.8 Å². The molecule has 6 nitrogen and oxygen atoms in total. The highest BCUT2D eigenvalue weighted by molar-refractivity contribution is 5.99. The lowest BCUT2D eigenvalue weighted by Crippen LogP contribution is -2.45. The number of aromatic nitrogens is 2. The molecule has 7 heteroatoms. The molecule has 0 aliphatic carbocycles. The van der Waals surface area contributed by atoms with Gasteiger partial charge < -0.3 is 10.4 Å². The van der Waals surface area contributed by atoms with E-state index in [0.29, 0.717) is 29.9 Å². The molecule has 2 heterocycles. The first kappa shape index (κ1) is 17.6. The van der Waals surface area contributed by atoms with Gasteiger partial charge in [-0.05, 0) is 31.5 Å². The van der Waals surface area contributed by atoms with E-state index in [2.05, 4.69) is 20.4 Å². The summed E-state index contributed by atoms with van der Waals surface area (Å²) in [5.41, 5.74) is 1.48. The molecule has 1 unspecified atom stereocenters. The van der Waals surface area contributed by atoms with E-state index < -0.39 is 0 Å². The molecule has 3 N–H and O–H groups in total. The first-order chi connectivity index (χ1) is 12.2. The van der Waals surface area contributed by atoms with E-state index in [-0.39, 0.29) is 24.4 Å². The molecular weight excluding hydrogens is 323 g/mol. The number of nitrogens with one attached hydrogen (secondary N) is 2. The SMILES string of the molecule is O=C(NCCN1CCCCC1CO)c1cn[nH]c1-c1cccc(F)c1. The number of aromatic amines is 1. The number of H-pyrrole nitrogens is 1. The van der Waals surface area contributed by atoms with Gasteiger partial charge in [-0.25, -0.2) is 4.39 Å². The Morgan fingerprint density at radius 2 is 2.32 bits per heavy atom. The number of nitrogens with zero attached hydrogens (tertiary/aromatic N) is 2. The molecule has 2 aromatic rings. The van der Waals surface area contributed by atoms with Gasteiger partial charge in [0.15, 0.2) is 0 Å². The van der Waals surface area contributed by atoms with Crippen LogP contribution in [0.5, 0.6) is 0 Å². The number of piperidine rings is 1. The topological polar surface area (TPSA) is 81.2 Å². The zero-order chi connectivity index (χ0) is 17.6. The van der Waals surface area contributed by atoms with Gasteiger partial charge in [0.1, 0.15) is 5.82 Å². The summed E-state index contributed by atoms with van der Waals surface area (Å²) in [5, 5.41) is 19.0. The molecule has 134 valence electrons. The van der Waals surface area contributed by atoms with Crippen LogP contribution in [0.15, 0.2) is 30.5 Å². The Labute approximate surface area is 146 Å². The van der Waals surface area contributed by atoms with E-state index in [1.165, 1.54) is 18.3 Å². The number of aliphatic hydroxyl groups is 1. The van der Waals surface area contributed by atoms with Crippen LogP contribution in [0.3, 0.4) is 0 Å². The zero-order valence-electron chi connectivity index (χ0n) is 14.0. The third-order valence-corrected chi connectivity index (χ3v) is 4.64. The number of carbonyl (C=O) groups is 1. The Morgan fingerprint density at radius 1 is 1.44 bits per heavy atom. The quantitative estimate of drug-likeness (QED) is 0.745. The van der Waals surface area contributed by atoms with Crippen LogP contribution in [0, 0.1) is 5.82 Å². The van der Waals surface area contributed by atoms with Crippen molar-refractivity contribution in [1.82, 2.24) is 20.4 Å². The lowest BCUT2D eigenvalue weighted by Gasteiger charge is -2.34. The summed E-state index contributed by atoms with van der Waals surface area (Å²) < 4.78 is 13.4. The molecule has 1 saturated heterocycles. The molecule has 0 radical (unpaired) electrons. The molecule has 1 fully saturated rings. The van der Waals surface area contributed by atoms with Crippen molar-refractivity contribution in [2.75, 3.05) is 26.2 Å². The summed E-state index contributed by atoms with van der Waals surface area (Å²) in [6.07, 6.45) is 4.71. The summed E-state index contributed by atoms with van der Waals surface area (Å²) in [6, 6.07) is 6.23. The van der Waals surface area contributed by atoms with Crippen molar-refractivity contribution in [1.29, 1.82) is 0 Å². The van der Waals surface area contributed by atoms with Gasteiger partial charge in [0.25, 0.3) is 5.91 Å². The van der Waals surface area contributed by atoms with Crippen molar-refractivity contribution in [3.05, 3.63) is 41.8 Å². The minimum Gasteiger partial charge on any atom is -0.395 e. The average Bonchev–Trinajstić information content (AvgIpc) is 3.12. The molecule has 1 aliphatic rings. The minimum absolute atomic E-state index is 0.152. The predicted octanol–water partition coefficient (Wildman–Crippen LogP) is 1.79. The van der Waals surface area contributed by atoms with Crippen molar-refractivity contribution in [3.63, 3.8) is 0 Å². The second-order valence-corrected chi connectivity index (χ2v) is 6.29. The Balaban J connectivity index is 1.60. The van der Waals surface area contributed by atoms with Crippen LogP contribution in [-0.4, -0.2) is 58.4 Å². The standard InChI is InChI=1S/C18H23FN4O2/c19-14-5-3-4-13(10-14)17-16(11-21-22-17)18(25)20-7-9-23-8-2-1-6-15(23)12-24/h3-5,10-11,15,24H,1-2,6-9,12H2,(H,20,25)(H,21,22). The number of halogens is 1. The molecule has 1 amide bonds. The normalized spacial score (nSPS) is 18.2. The summed E-state index contributed by atoms with van der Waals surface area (Å²) >= 11 is 0. The van der Waals surface area contributed by atoms with E-state index in [4.69, 9.17) is 0 Å². The Hall–Kier alpha value is -2.25. The summed E-state index contributed by atoms with van der Waals surface area (Å²) in [7, 11) is 0. The number of hydrogen-bond donors (Lipinski definition) is 3. The maximum absolute atomic E-state index is 13.4. The van der Waals surface area contributed by atoms with E-state index >= 15 is 0 Å². The number of amides is 1. The Morgan fingerprint density at radius 3 is 3.12 bits per heavy atom. The van der Waals surface area contributed by atoms with E-state index in [1.807, 2.05) is 0 Å². The molecule has 1 atom stereocenters. The van der Waals surface area contributed by atoms with Crippen LogP contribution >= 0.6 is 0 Å². The second kappa shape index (κ2) is 8.22. The van der Waals surface area contributed by atoms with Gasteiger partial charge in [0.2, 0.25) is 0 Å². The molecule has 1 aliphatic heterocycles. The van der Waals surface area contributed by atoms with E-state index in [1.54, 1.807) is 12.1 Å². The number of hydrogen-bond acceptors (Lipinski definition) is 4. The molecule has 1 aromatic carbocycles. The first-order valence-electron chi connectivity index (χ1n) is 8.61. The van der Waals surface area contributed by atoms with Gasteiger partial charge in [0, 0.05) is 24.7 Å². The fourth-order valence-electron chi connectivity index (χ4n) is 3.29. The van der Waals surface area contributed by atoms with Crippen LogP contribution in [-0.2, 0) is 0 Å². The highest BCUT2D eigenvalue weighted by atomic mass is 19.1. The Kier molecular flexibility index (Phi) is 5.78. The summed E-state index contributed by atoms with van der Waals surface area (Å²) in [4.78, 5) is 14.7. The number of benzene rings is 1. The molecular formula is C18H23FN4O2. The summed E-state index contributed by atoms with van der Waals surface area (Å²) in [5.74, 6) is -0.607. The second-order valence-electron chi connectivity index (χ2n) is 6.29. The predicted molar refractivity (Wildman–Crippen MR) is 92.6 cm³/mol. The molecule has 0 bridgehead atoms. The lowest BCUT2D eigenvalue weighted by molar-refractivity contribution is 0.0849. The van der Waals surface area contributed by atoms with Crippen LogP contribution in [0.25, 0.3) is 11.3 Å². The fraction of sp³-hybridized carbons (Fsp3) is 0.444. The van der Waals surface area contributed by atoms with Crippen molar-refractivity contribution in [2.45, 2.75) is 25.3 Å². The first-order valence-corrected chi connectivity index (χ1v) is 8.61. The van der Waals surface area contributed by atoms with Gasteiger partial charge in [0.05, 0.1) is 24.1 Å². The highest BCUT2D eigenvalue weighted by Gasteiger charge is 2.21. The van der Waals surface area contributed by atoms with E-state index in [9.17, 15) is 14.3 Å². The van der Waals surface area contributed by atoms with Gasteiger partial charge in [-0.2, -0.15) is 5.10 Å². The minimum atomic E-state index is -0.362. The monoisotopic (exact) mass is 346 g/mol. The number of carbonyl (C=O) groups excluding carboxylic acids is 1. The Bertz CT molecular complexity index is 719. The van der Waals surface area contributed by atoms with Crippen molar-refractivity contribution in [2.24, 2.45) is 0 Å². The van der Waals surface area contributed by atoms with Crippen molar-refractivity contribution in [3.8, 4) is 11.3 Å². The van der Waals surface area contributed by atoms with Gasteiger partial charge >= 0.3 is 0 Å². The number of aliphatic hydroxyl groups excluding tert-OH is 1. The van der Waals surface area contributed by atoms with Crippen molar-refractivity contribution < 1.29 is 14.3 Å². The maximum atomic E-state index is 13.4. The maximum Gasteiger partial charge on any atom is 0.255 e. The van der Waals surface area contributed by atoms with Crippen LogP contribution < -0.4 is 5.32 Å². The largest absolute Gasteiger partial charge is 0.395 e. The lowest BCUT2D eigenvalue weighted by atomic mass is 10.0. The molecule has 3 rings (SSSR count). The zero-order valence-corrected chi connectivity index (χ0v) is 14.0. The number of likely N-dealkylation sites (tertiary alicyclic amines) is 1. The van der Waals surface area contributed by atoms with Crippen LogP contribution in [0.1, 0.15) is 29.6 Å². The van der Waals surface area contributed by atoms with Crippen LogP contribution in [0.2, 0.25) is 0 Å². The van der Waals surface area contributed by atoms with Gasteiger partial charge in [-0.3, -0.25) is 14.8 Å². The highest BCUT2D eigenvalue weighted by Crippen LogP contribution is 2.21. The summed E-state index contributed by atoms with van der Waals surface area (Å²) in [6.45, 7) is 2.29. The molecule has 1 aromatic heterocycles. The van der Waals surface area contributed by atoms with Gasteiger partial charge in [-0.1, -0.05) is 18.6 Å². The average molecular weight is 346 g/mol. The van der Waals surface area contributed by atoms with Gasteiger partial charge in [-0.15, -0.1) is 0 Å². The van der Waals surface area contributed by atoms with Crippen molar-refractivity contribution >= 4 is 5.91 Å². The number of rotatable bonds is 6. The molecule has 0 spiro atoms. The molecule has 0 saturated carbocycles. The third kappa shape index (κ3) is 4.24. The smallest absolute Gasteiger partial charge is 0.255 e. The molecule has 25 heavy (non-hydrogen) atoms. The van der Waals surface area contributed by atoms with Crippen LogP contribution in [0.4, 0.5) is 4.39 Å². The third-order valence-electron chi connectivity index (χ3n) is 4.64. The fourth-order valence-corrected chi connectivity index (χ4v) is 3.29.